The van der Waals surface area contributed by atoms with Crippen molar-refractivity contribution >= 4 is 70.4 Å². The van der Waals surface area contributed by atoms with Crippen LogP contribution in [0.5, 0.6) is 5.75 Å². The van der Waals surface area contributed by atoms with Gasteiger partial charge in [-0.25, -0.2) is 0 Å². The second-order valence-corrected chi connectivity index (χ2v) is 6.70. The van der Waals surface area contributed by atoms with E-state index in [0.717, 1.165) is 11.5 Å². The number of benzene rings is 1. The molecule has 0 atom stereocenters. The minimum atomic E-state index is 0. The number of nitrogens with one attached hydrogen (secondary N) is 2. The highest BCUT2D eigenvalue weighted by Gasteiger charge is 2.09. The Kier molecular flexibility index (Phi) is 8.87. The van der Waals surface area contributed by atoms with Crippen LogP contribution in [0.25, 0.3) is 5.65 Å². The number of hydrogen-bond acceptors (Lipinski definition) is 4. The van der Waals surface area contributed by atoms with Crippen LogP contribution in [0.15, 0.2) is 41.5 Å². The molecule has 0 radical (unpaired) electrons. The van der Waals surface area contributed by atoms with Gasteiger partial charge < -0.3 is 15.4 Å². The Morgan fingerprint density at radius 3 is 2.61 bits per heavy atom. The molecule has 2 N–H and O–H groups in total. The average Bonchev–Trinajstić information content (AvgIpc) is 3.06. The van der Waals surface area contributed by atoms with Crippen LogP contribution < -0.4 is 15.4 Å². The first-order valence-corrected chi connectivity index (χ1v) is 9.22. The summed E-state index contributed by atoms with van der Waals surface area (Å²) in [7, 11) is 1.69. The van der Waals surface area contributed by atoms with E-state index in [2.05, 4.69) is 25.8 Å². The highest BCUT2D eigenvalue weighted by molar-refractivity contribution is 14.0. The molecule has 0 amide bonds. The number of aliphatic imine (C=N–C) groups is 1. The van der Waals surface area contributed by atoms with Crippen molar-refractivity contribution in [2.45, 2.75) is 6.54 Å². The second-order valence-electron chi connectivity index (χ2n) is 5.44. The molecule has 0 saturated heterocycles. The van der Waals surface area contributed by atoms with Gasteiger partial charge in [0.05, 0.1) is 23.1 Å². The number of hydrogen-bond donors (Lipinski definition) is 2. The molecule has 150 valence electrons. The molecular formula is C17H18Cl3IN6O. The van der Waals surface area contributed by atoms with E-state index in [0.29, 0.717) is 46.5 Å². The summed E-state index contributed by atoms with van der Waals surface area (Å²) in [5.41, 5.74) is 0.794. The van der Waals surface area contributed by atoms with E-state index in [1.807, 2.05) is 28.8 Å². The van der Waals surface area contributed by atoms with E-state index in [4.69, 9.17) is 39.5 Å². The summed E-state index contributed by atoms with van der Waals surface area (Å²) in [4.78, 5) is 4.17. The van der Waals surface area contributed by atoms with Crippen molar-refractivity contribution in [2.75, 3.05) is 20.2 Å². The van der Waals surface area contributed by atoms with Crippen LogP contribution in [-0.4, -0.2) is 40.8 Å². The first-order chi connectivity index (χ1) is 13.1. The predicted molar refractivity (Wildman–Crippen MR) is 124 cm³/mol. The molecule has 0 aliphatic rings. The lowest BCUT2D eigenvalue weighted by atomic mass is 10.3. The molecule has 2 aromatic heterocycles. The standard InChI is InChI=1S/C17H17Cl3N6O.HI/c1-21-17(23-10-15-25-24-14-4-2-3-6-26(14)15)22-5-7-27-16-12(19)8-11(18)9-13(16)20;/h2-4,6,8-9H,5,7,10H2,1H3,(H2,21,22,23);1H. The van der Waals surface area contributed by atoms with Gasteiger partial charge in [-0.15, -0.1) is 34.2 Å². The van der Waals surface area contributed by atoms with Gasteiger partial charge in [0.25, 0.3) is 0 Å². The molecule has 11 heteroatoms. The summed E-state index contributed by atoms with van der Waals surface area (Å²) in [6, 6.07) is 8.91. The molecule has 28 heavy (non-hydrogen) atoms. The number of aromatic nitrogens is 3. The monoisotopic (exact) mass is 554 g/mol. The van der Waals surface area contributed by atoms with Gasteiger partial charge in [0.2, 0.25) is 0 Å². The van der Waals surface area contributed by atoms with Gasteiger partial charge in [0.1, 0.15) is 6.61 Å². The number of fused-ring (bicyclic) bond motifs is 1. The minimum Gasteiger partial charge on any atom is -0.489 e. The first kappa shape index (κ1) is 22.8. The number of guanidine groups is 1. The lowest BCUT2D eigenvalue weighted by Crippen LogP contribution is -2.39. The molecule has 0 bridgehead atoms. The van der Waals surface area contributed by atoms with E-state index < -0.39 is 0 Å². The zero-order chi connectivity index (χ0) is 19.2. The Morgan fingerprint density at radius 2 is 1.89 bits per heavy atom. The molecule has 0 aliphatic carbocycles. The number of ether oxygens (including phenoxy) is 1. The van der Waals surface area contributed by atoms with Gasteiger partial charge in [-0.1, -0.05) is 40.9 Å². The quantitative estimate of drug-likeness (QED) is 0.208. The van der Waals surface area contributed by atoms with Crippen molar-refractivity contribution in [1.82, 2.24) is 25.2 Å². The largest absolute Gasteiger partial charge is 0.489 e. The summed E-state index contributed by atoms with van der Waals surface area (Å²) in [5.74, 6) is 1.80. The van der Waals surface area contributed by atoms with Gasteiger partial charge in [-0.3, -0.25) is 9.39 Å². The molecule has 0 spiro atoms. The number of pyridine rings is 1. The number of nitrogens with zero attached hydrogens (tertiary/aromatic N) is 4. The Labute approximate surface area is 194 Å². The van der Waals surface area contributed by atoms with E-state index in [1.165, 1.54) is 0 Å². The molecule has 0 aliphatic heterocycles. The van der Waals surface area contributed by atoms with Gasteiger partial charge in [0, 0.05) is 18.3 Å². The summed E-state index contributed by atoms with van der Waals surface area (Å²) in [6.45, 7) is 1.31. The Balaban J connectivity index is 0.00000280. The Hall–Kier alpha value is -1.49. The third kappa shape index (κ3) is 5.76. The lowest BCUT2D eigenvalue weighted by molar-refractivity contribution is 0.322. The Bertz CT molecular complexity index is 942. The maximum Gasteiger partial charge on any atom is 0.191 e. The molecule has 0 saturated carbocycles. The number of rotatable bonds is 6. The fourth-order valence-electron chi connectivity index (χ4n) is 2.38. The van der Waals surface area contributed by atoms with Crippen LogP contribution >= 0.6 is 58.8 Å². The predicted octanol–water partition coefficient (Wildman–Crippen LogP) is 4.05. The van der Waals surface area contributed by atoms with Crippen molar-refractivity contribution in [2.24, 2.45) is 4.99 Å². The van der Waals surface area contributed by atoms with E-state index >= 15 is 0 Å². The molecule has 2 heterocycles. The molecule has 3 aromatic rings. The van der Waals surface area contributed by atoms with Crippen LogP contribution in [-0.2, 0) is 6.54 Å². The van der Waals surface area contributed by atoms with E-state index in [1.54, 1.807) is 19.2 Å². The fraction of sp³-hybridized carbons (Fsp3) is 0.235. The van der Waals surface area contributed by atoms with Crippen molar-refractivity contribution in [1.29, 1.82) is 0 Å². The normalized spacial score (nSPS) is 11.2. The zero-order valence-electron chi connectivity index (χ0n) is 14.8. The van der Waals surface area contributed by atoms with Crippen LogP contribution in [0.3, 0.4) is 0 Å². The summed E-state index contributed by atoms with van der Waals surface area (Å²) < 4.78 is 7.54. The van der Waals surface area contributed by atoms with Crippen molar-refractivity contribution in [3.05, 3.63) is 57.4 Å². The third-order valence-electron chi connectivity index (χ3n) is 3.63. The summed E-state index contributed by atoms with van der Waals surface area (Å²) in [6.07, 6.45) is 1.91. The fourth-order valence-corrected chi connectivity index (χ4v) is 3.31. The molecule has 1 aromatic carbocycles. The SMILES string of the molecule is CN=C(NCCOc1c(Cl)cc(Cl)cc1Cl)NCc1nnc2ccccn12.I. The first-order valence-electron chi connectivity index (χ1n) is 8.09. The molecule has 7 nitrogen and oxygen atoms in total. The van der Waals surface area contributed by atoms with E-state index in [-0.39, 0.29) is 24.0 Å². The van der Waals surface area contributed by atoms with Gasteiger partial charge >= 0.3 is 0 Å². The summed E-state index contributed by atoms with van der Waals surface area (Å²) >= 11 is 18.1. The highest BCUT2D eigenvalue weighted by Crippen LogP contribution is 2.35. The lowest BCUT2D eigenvalue weighted by Gasteiger charge is -2.13. The van der Waals surface area contributed by atoms with Gasteiger partial charge in [-0.05, 0) is 24.3 Å². The van der Waals surface area contributed by atoms with Crippen molar-refractivity contribution < 1.29 is 4.74 Å². The second kappa shape index (κ2) is 10.9. The Morgan fingerprint density at radius 1 is 1.14 bits per heavy atom. The van der Waals surface area contributed by atoms with Crippen LogP contribution in [0.4, 0.5) is 0 Å². The maximum absolute atomic E-state index is 6.09. The highest BCUT2D eigenvalue weighted by atomic mass is 127. The van der Waals surface area contributed by atoms with Gasteiger partial charge in [-0.2, -0.15) is 0 Å². The average molecular weight is 556 g/mol. The van der Waals surface area contributed by atoms with Crippen molar-refractivity contribution in [3.63, 3.8) is 0 Å². The van der Waals surface area contributed by atoms with E-state index in [9.17, 15) is 0 Å². The smallest absolute Gasteiger partial charge is 0.191 e. The molecular weight excluding hydrogens is 537 g/mol. The van der Waals surface area contributed by atoms with Gasteiger partial charge in [0.15, 0.2) is 23.2 Å². The van der Waals surface area contributed by atoms with Crippen molar-refractivity contribution in [3.8, 4) is 5.75 Å². The van der Waals surface area contributed by atoms with Crippen LogP contribution in [0.1, 0.15) is 5.82 Å². The topological polar surface area (TPSA) is 75.8 Å². The van der Waals surface area contributed by atoms with Crippen LogP contribution in [0, 0.1) is 0 Å². The van der Waals surface area contributed by atoms with Crippen LogP contribution in [0.2, 0.25) is 15.1 Å². The minimum absolute atomic E-state index is 0. The summed E-state index contributed by atoms with van der Waals surface area (Å²) in [5, 5.41) is 15.8. The molecule has 0 unspecified atom stereocenters. The third-order valence-corrected chi connectivity index (χ3v) is 4.41. The molecule has 0 fully saturated rings. The maximum atomic E-state index is 6.09. The zero-order valence-corrected chi connectivity index (χ0v) is 19.4. The molecule has 3 rings (SSSR count). The number of halogens is 4.